The van der Waals surface area contributed by atoms with Gasteiger partial charge in [0.1, 0.15) is 13.2 Å². The van der Waals surface area contributed by atoms with Gasteiger partial charge in [-0.3, -0.25) is 0 Å². The molecule has 4 heteroatoms. The smallest absolute Gasteiger partial charge is 0.331 e. The highest BCUT2D eigenvalue weighted by Crippen LogP contribution is 1.99. The fraction of sp³-hybridized carbons (Fsp3) is 0.364. The number of aliphatic hydroxyl groups excluding tert-OH is 1. The molecule has 82 valence electrons. The van der Waals surface area contributed by atoms with E-state index in [0.29, 0.717) is 13.2 Å². The minimum Gasteiger partial charge on any atom is -0.462 e. The largest absolute Gasteiger partial charge is 0.462 e. The van der Waals surface area contributed by atoms with Gasteiger partial charge in [-0.15, -0.1) is 0 Å². The topological polar surface area (TPSA) is 55.8 Å². The third-order valence-corrected chi connectivity index (χ3v) is 1.73. The highest BCUT2D eigenvalue weighted by Gasteiger charge is 1.98. The molecule has 0 fully saturated rings. The van der Waals surface area contributed by atoms with Crippen LogP contribution in [0.5, 0.6) is 0 Å². The second kappa shape index (κ2) is 6.98. The van der Waals surface area contributed by atoms with Crippen LogP contribution in [-0.2, 0) is 20.9 Å². The van der Waals surface area contributed by atoms with Crippen molar-refractivity contribution < 1.29 is 19.4 Å². The second-order valence-corrected chi connectivity index (χ2v) is 2.92. The predicted octanol–water partition coefficient (Wildman–Crippen LogP) is 0.739. The number of rotatable bonds is 6. The molecular weight excluding hydrogens is 196 g/mol. The molecule has 0 aromatic heterocycles. The first-order valence-corrected chi connectivity index (χ1v) is 4.71. The molecule has 0 saturated carbocycles. The van der Waals surface area contributed by atoms with Gasteiger partial charge in [-0.2, -0.15) is 0 Å². The van der Waals surface area contributed by atoms with Gasteiger partial charge in [0.25, 0.3) is 0 Å². The summed E-state index contributed by atoms with van der Waals surface area (Å²) in [5.74, 6) is -0.627. The van der Waals surface area contributed by atoms with Crippen LogP contribution in [0.4, 0.5) is 0 Å². The van der Waals surface area contributed by atoms with E-state index < -0.39 is 12.6 Å². The van der Waals surface area contributed by atoms with Gasteiger partial charge >= 0.3 is 5.97 Å². The molecule has 0 bridgehead atoms. The van der Waals surface area contributed by atoms with Crippen molar-refractivity contribution in [2.24, 2.45) is 0 Å². The number of carbonyl (C=O) groups excluding carboxylic acids is 1. The van der Waals surface area contributed by atoms with E-state index >= 15 is 0 Å². The van der Waals surface area contributed by atoms with Crippen LogP contribution in [0.1, 0.15) is 5.56 Å². The minimum atomic E-state index is -0.627. The number of carbonyl (C=O) groups is 1. The molecule has 1 aromatic rings. The zero-order valence-corrected chi connectivity index (χ0v) is 8.39. The SMILES string of the molecule is O=C(CO)OCCOCc1ccccc1. The molecule has 0 aliphatic heterocycles. The van der Waals surface area contributed by atoms with Crippen LogP contribution in [0.15, 0.2) is 30.3 Å². The van der Waals surface area contributed by atoms with Crippen molar-refractivity contribution in [3.63, 3.8) is 0 Å². The molecule has 0 saturated heterocycles. The number of hydrogen-bond acceptors (Lipinski definition) is 4. The van der Waals surface area contributed by atoms with E-state index in [-0.39, 0.29) is 6.61 Å². The quantitative estimate of drug-likeness (QED) is 0.555. The fourth-order valence-corrected chi connectivity index (χ4v) is 1.02. The van der Waals surface area contributed by atoms with Crippen molar-refractivity contribution in [3.05, 3.63) is 35.9 Å². The molecule has 0 aliphatic rings. The molecule has 1 rings (SSSR count). The van der Waals surface area contributed by atoms with Crippen molar-refractivity contribution >= 4 is 5.97 Å². The van der Waals surface area contributed by atoms with Crippen LogP contribution in [-0.4, -0.2) is 30.9 Å². The Bertz CT molecular complexity index is 284. The van der Waals surface area contributed by atoms with Crippen LogP contribution in [0.3, 0.4) is 0 Å². The van der Waals surface area contributed by atoms with E-state index in [2.05, 4.69) is 4.74 Å². The summed E-state index contributed by atoms with van der Waals surface area (Å²) in [6.45, 7) is 0.420. The molecule has 0 amide bonds. The summed E-state index contributed by atoms with van der Waals surface area (Å²) in [7, 11) is 0. The van der Waals surface area contributed by atoms with E-state index in [0.717, 1.165) is 5.56 Å². The van der Waals surface area contributed by atoms with Crippen LogP contribution >= 0.6 is 0 Å². The first kappa shape index (κ1) is 11.7. The van der Waals surface area contributed by atoms with Crippen molar-refractivity contribution in [2.75, 3.05) is 19.8 Å². The van der Waals surface area contributed by atoms with Gasteiger partial charge in [0.05, 0.1) is 13.2 Å². The molecule has 1 N–H and O–H groups in total. The Morgan fingerprint density at radius 1 is 1.20 bits per heavy atom. The van der Waals surface area contributed by atoms with Crippen molar-refractivity contribution in [2.45, 2.75) is 6.61 Å². The lowest BCUT2D eigenvalue weighted by Crippen LogP contribution is -2.13. The summed E-state index contributed by atoms with van der Waals surface area (Å²) < 4.78 is 9.87. The summed E-state index contributed by atoms with van der Waals surface area (Å²) in [6, 6.07) is 9.72. The van der Waals surface area contributed by atoms with Crippen LogP contribution in [0.25, 0.3) is 0 Å². The van der Waals surface area contributed by atoms with Gasteiger partial charge < -0.3 is 14.6 Å². The lowest BCUT2D eigenvalue weighted by Gasteiger charge is -2.04. The maximum Gasteiger partial charge on any atom is 0.331 e. The van der Waals surface area contributed by atoms with Crippen LogP contribution in [0.2, 0.25) is 0 Å². The van der Waals surface area contributed by atoms with E-state index in [1.807, 2.05) is 30.3 Å². The molecular formula is C11H14O4. The maximum absolute atomic E-state index is 10.5. The maximum atomic E-state index is 10.5. The summed E-state index contributed by atoms with van der Waals surface area (Å²) in [5, 5.41) is 8.35. The third kappa shape index (κ3) is 5.15. The van der Waals surface area contributed by atoms with Gasteiger partial charge in [0.2, 0.25) is 0 Å². The molecule has 4 nitrogen and oxygen atoms in total. The Balaban J connectivity index is 2.05. The van der Waals surface area contributed by atoms with E-state index in [4.69, 9.17) is 9.84 Å². The van der Waals surface area contributed by atoms with Gasteiger partial charge in [0.15, 0.2) is 0 Å². The first-order valence-electron chi connectivity index (χ1n) is 4.71. The molecule has 0 atom stereocenters. The Morgan fingerprint density at radius 3 is 2.60 bits per heavy atom. The second-order valence-electron chi connectivity index (χ2n) is 2.92. The van der Waals surface area contributed by atoms with Gasteiger partial charge in [-0.1, -0.05) is 30.3 Å². The molecule has 15 heavy (non-hydrogen) atoms. The highest BCUT2D eigenvalue weighted by molar-refractivity contribution is 5.70. The average Bonchev–Trinajstić information content (AvgIpc) is 2.29. The standard InChI is InChI=1S/C11H14O4/c12-8-11(13)15-7-6-14-9-10-4-2-1-3-5-10/h1-5,12H,6-9H2. The van der Waals surface area contributed by atoms with Crippen LogP contribution in [0, 0.1) is 0 Å². The number of benzene rings is 1. The van der Waals surface area contributed by atoms with E-state index in [9.17, 15) is 4.79 Å². The van der Waals surface area contributed by atoms with Crippen LogP contribution < -0.4 is 0 Å². The first-order chi connectivity index (χ1) is 7.33. The Hall–Kier alpha value is -1.39. The Labute approximate surface area is 88.4 Å². The summed E-state index contributed by atoms with van der Waals surface area (Å²) in [6.07, 6.45) is 0. The van der Waals surface area contributed by atoms with Crippen molar-refractivity contribution in [1.82, 2.24) is 0 Å². The normalized spacial score (nSPS) is 9.93. The summed E-state index contributed by atoms with van der Waals surface area (Å²) in [5.41, 5.74) is 1.07. The summed E-state index contributed by atoms with van der Waals surface area (Å²) >= 11 is 0. The number of ether oxygens (including phenoxy) is 2. The Morgan fingerprint density at radius 2 is 1.93 bits per heavy atom. The van der Waals surface area contributed by atoms with E-state index in [1.165, 1.54) is 0 Å². The van der Waals surface area contributed by atoms with Gasteiger partial charge in [-0.05, 0) is 5.56 Å². The van der Waals surface area contributed by atoms with Crippen molar-refractivity contribution in [3.8, 4) is 0 Å². The minimum absolute atomic E-state index is 0.173. The monoisotopic (exact) mass is 210 g/mol. The molecule has 1 aromatic carbocycles. The lowest BCUT2D eigenvalue weighted by atomic mass is 10.2. The molecule has 0 radical (unpaired) electrons. The van der Waals surface area contributed by atoms with E-state index in [1.54, 1.807) is 0 Å². The highest BCUT2D eigenvalue weighted by atomic mass is 16.6. The van der Waals surface area contributed by atoms with Gasteiger partial charge in [-0.25, -0.2) is 4.79 Å². The molecule has 0 heterocycles. The third-order valence-electron chi connectivity index (χ3n) is 1.73. The van der Waals surface area contributed by atoms with Gasteiger partial charge in [0, 0.05) is 0 Å². The average molecular weight is 210 g/mol. The van der Waals surface area contributed by atoms with Crippen molar-refractivity contribution in [1.29, 1.82) is 0 Å². The summed E-state index contributed by atoms with van der Waals surface area (Å²) in [4.78, 5) is 10.5. The Kier molecular flexibility index (Phi) is 5.43. The number of aliphatic hydroxyl groups is 1. The fourth-order valence-electron chi connectivity index (χ4n) is 1.02. The number of hydrogen-bond donors (Lipinski definition) is 1. The predicted molar refractivity (Wildman–Crippen MR) is 54.1 cm³/mol. The number of esters is 1. The molecule has 0 spiro atoms. The molecule has 0 aliphatic carbocycles. The lowest BCUT2D eigenvalue weighted by molar-refractivity contribution is -0.148. The zero-order valence-electron chi connectivity index (χ0n) is 8.39. The molecule has 0 unspecified atom stereocenters. The zero-order chi connectivity index (χ0) is 10.9.